The maximum Gasteiger partial charge on any atom is 0.133 e. The Hall–Kier alpha value is -1.09. The molecule has 2 fully saturated rings. The molecule has 0 amide bonds. The number of ketones is 1. The molecule has 0 aliphatic heterocycles. The zero-order chi connectivity index (χ0) is 15.6. The largest absolute Gasteiger partial charge is 0.512 e. The van der Waals surface area contributed by atoms with E-state index in [0.29, 0.717) is 19.3 Å². The fourth-order valence-corrected chi connectivity index (χ4v) is 3.91. The zero-order valence-corrected chi connectivity index (χ0v) is 13.2. The SMILES string of the molecule is C=CCCC(C)(C)CC=C(O)[C@@H]1[C@@H]2CC(=O)C[C@@H]2C[C@H]1O. The molecule has 0 aromatic heterocycles. The average Bonchev–Trinajstić information content (AvgIpc) is 2.88. The van der Waals surface area contributed by atoms with Gasteiger partial charge in [-0.3, -0.25) is 4.79 Å². The lowest BCUT2D eigenvalue weighted by atomic mass is 9.82. The van der Waals surface area contributed by atoms with Gasteiger partial charge in [0.15, 0.2) is 0 Å². The summed E-state index contributed by atoms with van der Waals surface area (Å²) in [6, 6.07) is 0. The number of rotatable bonds is 6. The lowest BCUT2D eigenvalue weighted by Crippen LogP contribution is -2.22. The molecular formula is C18H28O3. The summed E-state index contributed by atoms with van der Waals surface area (Å²) < 4.78 is 0. The van der Waals surface area contributed by atoms with Gasteiger partial charge < -0.3 is 10.2 Å². The maximum absolute atomic E-state index is 11.6. The fraction of sp³-hybridized carbons (Fsp3) is 0.722. The van der Waals surface area contributed by atoms with Gasteiger partial charge in [-0.25, -0.2) is 0 Å². The van der Waals surface area contributed by atoms with Crippen molar-refractivity contribution in [3.8, 4) is 0 Å². The second kappa shape index (κ2) is 6.35. The van der Waals surface area contributed by atoms with E-state index >= 15 is 0 Å². The van der Waals surface area contributed by atoms with Gasteiger partial charge in [-0.15, -0.1) is 6.58 Å². The number of Topliss-reactive ketones (excluding diaryl/α,β-unsaturated/α-hetero) is 1. The number of carbonyl (C=O) groups excluding carboxylic acids is 1. The van der Waals surface area contributed by atoms with Gasteiger partial charge in [-0.2, -0.15) is 0 Å². The van der Waals surface area contributed by atoms with Crippen LogP contribution in [0.2, 0.25) is 0 Å². The highest BCUT2D eigenvalue weighted by molar-refractivity contribution is 5.81. The first-order valence-corrected chi connectivity index (χ1v) is 8.04. The summed E-state index contributed by atoms with van der Waals surface area (Å²) in [6.45, 7) is 8.09. The van der Waals surface area contributed by atoms with E-state index in [1.165, 1.54) is 0 Å². The van der Waals surface area contributed by atoms with Crippen LogP contribution in [0.3, 0.4) is 0 Å². The zero-order valence-electron chi connectivity index (χ0n) is 13.2. The van der Waals surface area contributed by atoms with Crippen molar-refractivity contribution in [2.24, 2.45) is 23.2 Å². The molecule has 0 aromatic carbocycles. The molecule has 118 valence electrons. The molecule has 0 saturated heterocycles. The number of fused-ring (bicyclic) bond motifs is 1. The van der Waals surface area contributed by atoms with Gasteiger partial charge in [-0.1, -0.05) is 19.9 Å². The third kappa shape index (κ3) is 3.76. The van der Waals surface area contributed by atoms with Gasteiger partial charge in [0.1, 0.15) is 5.78 Å². The van der Waals surface area contributed by atoms with Crippen molar-refractivity contribution in [3.05, 3.63) is 24.5 Å². The molecule has 3 nitrogen and oxygen atoms in total. The number of carbonyl (C=O) groups is 1. The summed E-state index contributed by atoms with van der Waals surface area (Å²) >= 11 is 0. The molecule has 0 spiro atoms. The molecule has 2 aliphatic carbocycles. The van der Waals surface area contributed by atoms with Crippen molar-refractivity contribution in [2.75, 3.05) is 0 Å². The number of hydrogen-bond acceptors (Lipinski definition) is 3. The van der Waals surface area contributed by atoms with Crippen LogP contribution < -0.4 is 0 Å². The van der Waals surface area contributed by atoms with Gasteiger partial charge in [-0.05, 0) is 49.0 Å². The second-order valence-corrected chi connectivity index (χ2v) is 7.52. The van der Waals surface area contributed by atoms with Crippen molar-refractivity contribution >= 4 is 5.78 Å². The van der Waals surface area contributed by atoms with Crippen LogP contribution in [0.1, 0.15) is 52.4 Å². The molecule has 2 rings (SSSR count). The van der Waals surface area contributed by atoms with Crippen LogP contribution in [0.15, 0.2) is 24.5 Å². The van der Waals surface area contributed by atoms with Gasteiger partial charge in [0.25, 0.3) is 0 Å². The predicted molar refractivity (Wildman–Crippen MR) is 83.9 cm³/mol. The second-order valence-electron chi connectivity index (χ2n) is 7.52. The topological polar surface area (TPSA) is 57.5 Å². The molecule has 0 unspecified atom stereocenters. The third-order valence-electron chi connectivity index (χ3n) is 5.21. The van der Waals surface area contributed by atoms with E-state index in [0.717, 1.165) is 19.3 Å². The van der Waals surface area contributed by atoms with E-state index in [1.54, 1.807) is 0 Å². The Kier molecular flexibility index (Phi) is 4.92. The van der Waals surface area contributed by atoms with E-state index in [-0.39, 0.29) is 34.7 Å². The number of aliphatic hydroxyl groups is 2. The van der Waals surface area contributed by atoms with Crippen molar-refractivity contribution in [1.29, 1.82) is 0 Å². The van der Waals surface area contributed by atoms with Gasteiger partial charge in [0, 0.05) is 18.8 Å². The van der Waals surface area contributed by atoms with E-state index in [2.05, 4.69) is 20.4 Å². The van der Waals surface area contributed by atoms with E-state index in [9.17, 15) is 15.0 Å². The molecule has 0 heterocycles. The van der Waals surface area contributed by atoms with Gasteiger partial charge in [0.2, 0.25) is 0 Å². The quantitative estimate of drug-likeness (QED) is 0.578. The molecule has 0 radical (unpaired) electrons. The Balaban J connectivity index is 2.01. The van der Waals surface area contributed by atoms with Crippen LogP contribution >= 0.6 is 0 Å². The molecular weight excluding hydrogens is 264 g/mol. The standard InChI is InChI=1S/C18H28O3/c1-4-5-7-18(2,3)8-6-15(20)17-14-11-13(19)9-12(14)10-16(17)21/h4,6,12,14,16-17,20-21H,1,5,7-11H2,2-3H3/t12-,14-,16-,17+/m1/s1. The fourth-order valence-electron chi connectivity index (χ4n) is 3.91. The molecule has 2 saturated carbocycles. The lowest BCUT2D eigenvalue weighted by Gasteiger charge is -2.24. The van der Waals surface area contributed by atoms with E-state index < -0.39 is 6.10 Å². The molecule has 4 atom stereocenters. The minimum absolute atomic E-state index is 0.108. The van der Waals surface area contributed by atoms with Crippen LogP contribution in [0.25, 0.3) is 0 Å². The monoisotopic (exact) mass is 292 g/mol. The van der Waals surface area contributed by atoms with Gasteiger partial charge in [0.05, 0.1) is 11.9 Å². The summed E-state index contributed by atoms with van der Waals surface area (Å²) in [5, 5.41) is 20.6. The first kappa shape index (κ1) is 16.3. The van der Waals surface area contributed by atoms with Gasteiger partial charge >= 0.3 is 0 Å². The Labute approximate surface area is 127 Å². The van der Waals surface area contributed by atoms with Crippen LogP contribution in [0.4, 0.5) is 0 Å². The van der Waals surface area contributed by atoms with Crippen LogP contribution in [0, 0.1) is 23.2 Å². The summed E-state index contributed by atoms with van der Waals surface area (Å²) in [5.41, 5.74) is 0.108. The predicted octanol–water partition coefficient (Wildman–Crippen LogP) is 3.79. The summed E-state index contributed by atoms with van der Waals surface area (Å²) in [7, 11) is 0. The Morgan fingerprint density at radius 1 is 1.43 bits per heavy atom. The lowest BCUT2D eigenvalue weighted by molar-refractivity contribution is -0.118. The smallest absolute Gasteiger partial charge is 0.133 e. The van der Waals surface area contributed by atoms with E-state index in [1.807, 2.05) is 12.2 Å². The summed E-state index contributed by atoms with van der Waals surface area (Å²) in [4.78, 5) is 11.6. The van der Waals surface area contributed by atoms with Crippen molar-refractivity contribution < 1.29 is 15.0 Å². The van der Waals surface area contributed by atoms with Crippen LogP contribution in [-0.4, -0.2) is 22.1 Å². The first-order chi connectivity index (χ1) is 9.84. The minimum Gasteiger partial charge on any atom is -0.512 e. The van der Waals surface area contributed by atoms with Crippen molar-refractivity contribution in [3.63, 3.8) is 0 Å². The maximum atomic E-state index is 11.6. The Morgan fingerprint density at radius 3 is 2.81 bits per heavy atom. The van der Waals surface area contributed by atoms with E-state index in [4.69, 9.17) is 0 Å². The minimum atomic E-state index is -0.499. The van der Waals surface area contributed by atoms with Crippen molar-refractivity contribution in [2.45, 2.75) is 58.5 Å². The van der Waals surface area contributed by atoms with Crippen LogP contribution in [-0.2, 0) is 4.79 Å². The molecule has 3 heteroatoms. The molecule has 0 bridgehead atoms. The Bertz CT molecular complexity index is 436. The highest BCUT2D eigenvalue weighted by atomic mass is 16.3. The normalized spacial score (nSPS) is 33.3. The highest BCUT2D eigenvalue weighted by Gasteiger charge is 2.49. The Morgan fingerprint density at radius 2 is 2.14 bits per heavy atom. The third-order valence-corrected chi connectivity index (χ3v) is 5.21. The molecule has 2 aliphatic rings. The average molecular weight is 292 g/mol. The number of allylic oxidation sites excluding steroid dienone is 2. The first-order valence-electron chi connectivity index (χ1n) is 8.04. The molecule has 2 N–H and O–H groups in total. The summed E-state index contributed by atoms with van der Waals surface area (Å²) in [6.07, 6.45) is 7.80. The molecule has 0 aromatic rings. The highest BCUT2D eigenvalue weighted by Crippen LogP contribution is 2.48. The summed E-state index contributed by atoms with van der Waals surface area (Å²) in [5.74, 6) is 0.732. The number of aliphatic hydroxyl groups excluding tert-OH is 2. The van der Waals surface area contributed by atoms with Crippen LogP contribution in [0.5, 0.6) is 0 Å². The number of hydrogen-bond donors (Lipinski definition) is 2. The molecule has 21 heavy (non-hydrogen) atoms. The van der Waals surface area contributed by atoms with Crippen molar-refractivity contribution in [1.82, 2.24) is 0 Å².